The number of anilines is 1. The van der Waals surface area contributed by atoms with Gasteiger partial charge in [-0.2, -0.15) is 5.10 Å². The second kappa shape index (κ2) is 7.81. The first-order valence-electron chi connectivity index (χ1n) is 6.99. The molecule has 0 amide bonds. The monoisotopic (exact) mass is 334 g/mol. The van der Waals surface area contributed by atoms with Crippen LogP contribution in [0.15, 0.2) is 35.6 Å². The van der Waals surface area contributed by atoms with Crippen LogP contribution in [0.5, 0.6) is 11.5 Å². The highest BCUT2D eigenvalue weighted by Crippen LogP contribution is 2.28. The molecule has 0 atom stereocenters. The number of ether oxygens (including phenoxy) is 2. The molecule has 2 aromatic rings. The van der Waals surface area contributed by atoms with Gasteiger partial charge in [-0.15, -0.1) is 0 Å². The second-order valence-electron chi connectivity index (χ2n) is 4.68. The van der Waals surface area contributed by atoms with Gasteiger partial charge in [-0.3, -0.25) is 19.8 Å². The average Bonchev–Trinajstić information content (AvgIpc) is 3.04. The van der Waals surface area contributed by atoms with Crippen molar-refractivity contribution in [1.82, 2.24) is 9.78 Å². The second-order valence-corrected chi connectivity index (χ2v) is 4.68. The number of rotatable bonds is 7. The van der Waals surface area contributed by atoms with Crippen molar-refractivity contribution in [1.29, 1.82) is 0 Å². The molecule has 0 fully saturated rings. The zero-order valence-corrected chi connectivity index (χ0v) is 13.3. The number of nitrogens with one attached hydrogen (secondary N) is 1. The Morgan fingerprint density at radius 3 is 2.88 bits per heavy atom. The summed E-state index contributed by atoms with van der Waals surface area (Å²) in [6, 6.07) is 5.25. The number of nitrogens with two attached hydrogens (primary N) is 1. The first-order chi connectivity index (χ1) is 11.5. The van der Waals surface area contributed by atoms with E-state index in [4.69, 9.17) is 15.2 Å². The molecule has 3 N–H and O–H groups in total. The summed E-state index contributed by atoms with van der Waals surface area (Å²) in [6.45, 7) is 0.676. The fraction of sp³-hybridized carbons (Fsp3) is 0.286. The molecule has 1 aromatic carbocycles. The van der Waals surface area contributed by atoms with Gasteiger partial charge < -0.3 is 20.5 Å². The number of benzene rings is 1. The SMILES string of the molecule is COc1ccc(OC)c(NC(N)=NCCn2cc([N+](=O)[O-])cn2)c1. The molecule has 1 aromatic heterocycles. The smallest absolute Gasteiger partial charge is 0.306 e. The van der Waals surface area contributed by atoms with Gasteiger partial charge in [0.2, 0.25) is 0 Å². The molecule has 24 heavy (non-hydrogen) atoms. The molecule has 0 aliphatic rings. The van der Waals surface area contributed by atoms with Crippen LogP contribution in [-0.2, 0) is 6.54 Å². The lowest BCUT2D eigenvalue weighted by atomic mass is 10.2. The summed E-state index contributed by atoms with van der Waals surface area (Å²) in [6.07, 6.45) is 2.52. The molecule has 0 radical (unpaired) electrons. The number of aromatic nitrogens is 2. The van der Waals surface area contributed by atoms with Gasteiger partial charge in [0.05, 0.1) is 37.9 Å². The summed E-state index contributed by atoms with van der Waals surface area (Å²) < 4.78 is 11.8. The topological polar surface area (TPSA) is 130 Å². The van der Waals surface area contributed by atoms with Crippen LogP contribution in [0.4, 0.5) is 11.4 Å². The lowest BCUT2D eigenvalue weighted by Crippen LogP contribution is -2.23. The predicted molar refractivity (Wildman–Crippen MR) is 88.5 cm³/mol. The standard InChI is InChI=1S/C14H18N6O4/c1-23-11-3-4-13(24-2)12(7-11)18-14(15)16-5-6-19-9-10(8-17-19)20(21)22/h3-4,7-9H,5-6H2,1-2H3,(H3,15,16,18). The lowest BCUT2D eigenvalue weighted by molar-refractivity contribution is -0.385. The summed E-state index contributed by atoms with van der Waals surface area (Å²) in [5, 5.41) is 17.4. The number of nitro groups is 1. The zero-order valence-electron chi connectivity index (χ0n) is 13.3. The molecule has 0 aliphatic carbocycles. The van der Waals surface area contributed by atoms with Gasteiger partial charge >= 0.3 is 5.69 Å². The van der Waals surface area contributed by atoms with Crippen LogP contribution in [0.2, 0.25) is 0 Å². The molecule has 128 valence electrons. The molecule has 10 heteroatoms. The van der Waals surface area contributed by atoms with Crippen LogP contribution in [-0.4, -0.2) is 41.4 Å². The van der Waals surface area contributed by atoms with E-state index in [1.165, 1.54) is 17.1 Å². The van der Waals surface area contributed by atoms with Gasteiger partial charge in [0, 0.05) is 6.07 Å². The average molecular weight is 334 g/mol. The number of guanidine groups is 1. The summed E-state index contributed by atoms with van der Waals surface area (Å²) in [4.78, 5) is 14.2. The maximum atomic E-state index is 10.6. The van der Waals surface area contributed by atoms with Crippen molar-refractivity contribution in [2.24, 2.45) is 10.7 Å². The van der Waals surface area contributed by atoms with E-state index in [1.807, 2.05) is 0 Å². The highest BCUT2D eigenvalue weighted by Gasteiger charge is 2.08. The van der Waals surface area contributed by atoms with Crippen LogP contribution < -0.4 is 20.5 Å². The Kier molecular flexibility index (Phi) is 5.55. The van der Waals surface area contributed by atoms with Gasteiger partial charge in [0.15, 0.2) is 5.96 Å². The van der Waals surface area contributed by atoms with Gasteiger partial charge in [-0.05, 0) is 12.1 Å². The Bertz CT molecular complexity index is 743. The molecule has 0 bridgehead atoms. The first-order valence-corrected chi connectivity index (χ1v) is 6.99. The predicted octanol–water partition coefficient (Wildman–Crippen LogP) is 1.24. The molecule has 0 saturated carbocycles. The third-order valence-electron chi connectivity index (χ3n) is 3.11. The van der Waals surface area contributed by atoms with Crippen molar-refractivity contribution in [2.75, 3.05) is 26.1 Å². The van der Waals surface area contributed by atoms with E-state index in [2.05, 4.69) is 15.4 Å². The highest BCUT2D eigenvalue weighted by atomic mass is 16.6. The number of aliphatic imine (C=N–C) groups is 1. The fourth-order valence-electron chi connectivity index (χ4n) is 1.93. The van der Waals surface area contributed by atoms with E-state index < -0.39 is 4.92 Å². The van der Waals surface area contributed by atoms with Crippen LogP contribution in [0, 0.1) is 10.1 Å². The minimum atomic E-state index is -0.502. The van der Waals surface area contributed by atoms with E-state index in [-0.39, 0.29) is 11.6 Å². The fourth-order valence-corrected chi connectivity index (χ4v) is 1.93. The van der Waals surface area contributed by atoms with Crippen molar-refractivity contribution >= 4 is 17.3 Å². The molecule has 2 rings (SSSR count). The van der Waals surface area contributed by atoms with Crippen molar-refractivity contribution in [3.8, 4) is 11.5 Å². The summed E-state index contributed by atoms with van der Waals surface area (Å²) in [7, 11) is 3.11. The van der Waals surface area contributed by atoms with Gasteiger partial charge in [0.25, 0.3) is 0 Å². The summed E-state index contributed by atoms with van der Waals surface area (Å²) in [5.41, 5.74) is 6.40. The Hall–Kier alpha value is -3.30. The van der Waals surface area contributed by atoms with E-state index >= 15 is 0 Å². The van der Waals surface area contributed by atoms with Crippen molar-refractivity contribution in [2.45, 2.75) is 6.54 Å². The molecule has 0 saturated heterocycles. The van der Waals surface area contributed by atoms with Crippen molar-refractivity contribution in [3.63, 3.8) is 0 Å². The normalized spacial score (nSPS) is 11.2. The maximum Gasteiger partial charge on any atom is 0.306 e. The highest BCUT2D eigenvalue weighted by molar-refractivity contribution is 5.93. The Morgan fingerprint density at radius 1 is 1.46 bits per heavy atom. The van der Waals surface area contributed by atoms with Crippen molar-refractivity contribution in [3.05, 3.63) is 40.7 Å². The van der Waals surface area contributed by atoms with E-state index in [9.17, 15) is 10.1 Å². The first kappa shape index (κ1) is 17.1. The molecular formula is C14H18N6O4. The Labute approximate surface area is 138 Å². The molecule has 0 unspecified atom stereocenters. The van der Waals surface area contributed by atoms with Crippen molar-refractivity contribution < 1.29 is 14.4 Å². The minimum Gasteiger partial charge on any atom is -0.497 e. The summed E-state index contributed by atoms with van der Waals surface area (Å²) >= 11 is 0. The number of methoxy groups -OCH3 is 2. The zero-order chi connectivity index (χ0) is 17.5. The van der Waals surface area contributed by atoms with Gasteiger partial charge in [0.1, 0.15) is 23.9 Å². The van der Waals surface area contributed by atoms with Crippen LogP contribution in [0.3, 0.4) is 0 Å². The molecule has 1 heterocycles. The number of nitrogens with zero attached hydrogens (tertiary/aromatic N) is 4. The Balaban J connectivity index is 1.97. The number of hydrogen-bond acceptors (Lipinski definition) is 6. The van der Waals surface area contributed by atoms with E-state index in [0.29, 0.717) is 30.3 Å². The maximum absolute atomic E-state index is 10.6. The van der Waals surface area contributed by atoms with E-state index in [0.717, 1.165) is 0 Å². The van der Waals surface area contributed by atoms with Crippen LogP contribution in [0.1, 0.15) is 0 Å². The van der Waals surface area contributed by atoms with Crippen LogP contribution in [0.25, 0.3) is 0 Å². The summed E-state index contributed by atoms with van der Waals surface area (Å²) in [5.74, 6) is 1.43. The van der Waals surface area contributed by atoms with Gasteiger partial charge in [-0.1, -0.05) is 0 Å². The third kappa shape index (κ3) is 4.35. The quantitative estimate of drug-likeness (QED) is 0.337. The largest absolute Gasteiger partial charge is 0.497 e. The van der Waals surface area contributed by atoms with Gasteiger partial charge in [-0.25, -0.2) is 0 Å². The lowest BCUT2D eigenvalue weighted by Gasteiger charge is -2.12. The van der Waals surface area contributed by atoms with Crippen LogP contribution >= 0.6 is 0 Å². The Morgan fingerprint density at radius 2 is 2.25 bits per heavy atom. The number of hydrogen-bond donors (Lipinski definition) is 2. The minimum absolute atomic E-state index is 0.0637. The molecular weight excluding hydrogens is 316 g/mol. The third-order valence-corrected chi connectivity index (χ3v) is 3.11. The molecule has 0 spiro atoms. The molecule has 10 nitrogen and oxygen atoms in total. The molecule has 0 aliphatic heterocycles. The van der Waals surface area contributed by atoms with E-state index in [1.54, 1.807) is 32.4 Å².